The van der Waals surface area contributed by atoms with Crippen LogP contribution in [-0.2, 0) is 14.8 Å². The number of sulfonamides is 1. The highest BCUT2D eigenvalue weighted by Crippen LogP contribution is 2.25. The van der Waals surface area contributed by atoms with Crippen LogP contribution in [-0.4, -0.2) is 36.5 Å². The van der Waals surface area contributed by atoms with Crippen molar-refractivity contribution in [3.63, 3.8) is 0 Å². The molecule has 6 nitrogen and oxygen atoms in total. The zero-order chi connectivity index (χ0) is 13.9. The average Bonchev–Trinajstić information content (AvgIpc) is 2.40. The maximum atomic E-state index is 13.6. The summed E-state index contributed by atoms with van der Waals surface area (Å²) in [5, 5.41) is -0.636. The number of rotatable bonds is 3. The Hall–Kier alpha value is -1.63. The Bertz CT molecular complexity index is 613. The first-order chi connectivity index (χ1) is 9.07. The molecule has 2 rings (SSSR count). The summed E-state index contributed by atoms with van der Waals surface area (Å²) in [6.07, 6.45) is 3.56. The molecule has 0 spiro atoms. The molecular formula is C11H12FN3O3S. The molecule has 1 aromatic heterocycles. The second-order valence-corrected chi connectivity index (χ2v) is 5.91. The number of nitrogens with zero attached hydrogens (tertiary/aromatic N) is 3. The molecule has 8 heteroatoms. The van der Waals surface area contributed by atoms with Crippen LogP contribution in [0.1, 0.15) is 19.3 Å². The number of piperidine rings is 1. The van der Waals surface area contributed by atoms with Gasteiger partial charge in [-0.25, -0.2) is 22.6 Å². The van der Waals surface area contributed by atoms with Crippen LogP contribution in [0.4, 0.5) is 4.39 Å². The number of halogens is 1. The minimum Gasteiger partial charge on any atom is -0.241 e. The molecule has 0 radical (unpaired) electrons. The smallest absolute Gasteiger partial charge is 0.241 e. The predicted molar refractivity (Wildman–Crippen MR) is 63.8 cm³/mol. The van der Waals surface area contributed by atoms with Crippen LogP contribution in [0.15, 0.2) is 28.3 Å². The molecule has 0 saturated carbocycles. The lowest BCUT2D eigenvalue weighted by molar-refractivity contribution is 0.258. The number of carbonyl (C=O) groups excluding carboxylic acids is 1. The number of pyridine rings is 1. The van der Waals surface area contributed by atoms with Crippen LogP contribution in [0.3, 0.4) is 0 Å². The Balaban J connectivity index is 2.43. The van der Waals surface area contributed by atoms with E-state index in [1.807, 2.05) is 0 Å². The van der Waals surface area contributed by atoms with Gasteiger partial charge in [0, 0.05) is 12.7 Å². The Morgan fingerprint density at radius 3 is 2.95 bits per heavy atom. The van der Waals surface area contributed by atoms with Crippen LogP contribution >= 0.6 is 0 Å². The molecule has 1 unspecified atom stereocenters. The fourth-order valence-corrected chi connectivity index (χ4v) is 3.60. The van der Waals surface area contributed by atoms with Crippen molar-refractivity contribution in [2.45, 2.75) is 30.5 Å². The number of aliphatic imine (C=N–C) groups is 1. The van der Waals surface area contributed by atoms with E-state index in [0.717, 1.165) is 16.8 Å². The van der Waals surface area contributed by atoms with Crippen molar-refractivity contribution in [2.75, 3.05) is 6.54 Å². The van der Waals surface area contributed by atoms with Gasteiger partial charge in [-0.1, -0.05) is 0 Å². The third kappa shape index (κ3) is 2.70. The highest BCUT2D eigenvalue weighted by Gasteiger charge is 2.36. The molecule has 0 aliphatic carbocycles. The molecule has 0 bridgehead atoms. The number of hydrogen-bond donors (Lipinski definition) is 0. The van der Waals surface area contributed by atoms with Gasteiger partial charge in [-0.15, -0.1) is 0 Å². The third-order valence-electron chi connectivity index (χ3n) is 2.90. The summed E-state index contributed by atoms with van der Waals surface area (Å²) in [6.45, 7) is 0.189. The van der Waals surface area contributed by atoms with Gasteiger partial charge in [-0.3, -0.25) is 0 Å². The van der Waals surface area contributed by atoms with Crippen molar-refractivity contribution < 1.29 is 17.6 Å². The maximum absolute atomic E-state index is 13.6. The minimum absolute atomic E-state index is 0.189. The average molecular weight is 285 g/mol. The third-order valence-corrected chi connectivity index (χ3v) is 4.74. The lowest BCUT2D eigenvalue weighted by Crippen LogP contribution is -2.43. The van der Waals surface area contributed by atoms with Gasteiger partial charge in [-0.05, 0) is 31.4 Å². The summed E-state index contributed by atoms with van der Waals surface area (Å²) in [7, 11) is -4.09. The summed E-state index contributed by atoms with van der Waals surface area (Å²) in [5.74, 6) is -0.915. The van der Waals surface area contributed by atoms with Crippen molar-refractivity contribution in [1.29, 1.82) is 0 Å². The fourth-order valence-electron chi connectivity index (χ4n) is 2.03. The SMILES string of the molecule is O=C=NC1CCCCN1S(=O)(=O)c1ncccc1F. The summed E-state index contributed by atoms with van der Waals surface area (Å²) in [5.41, 5.74) is 0. The van der Waals surface area contributed by atoms with Crippen LogP contribution in [0.25, 0.3) is 0 Å². The van der Waals surface area contributed by atoms with Crippen LogP contribution in [0.2, 0.25) is 0 Å². The number of hydrogen-bond acceptors (Lipinski definition) is 5. The largest absolute Gasteiger partial charge is 0.265 e. The molecule has 1 saturated heterocycles. The van der Waals surface area contributed by atoms with Gasteiger partial charge >= 0.3 is 0 Å². The van der Waals surface area contributed by atoms with Gasteiger partial charge in [0.05, 0.1) is 0 Å². The molecule has 1 aliphatic heterocycles. The van der Waals surface area contributed by atoms with E-state index in [-0.39, 0.29) is 6.54 Å². The Morgan fingerprint density at radius 2 is 2.26 bits per heavy atom. The molecule has 1 atom stereocenters. The zero-order valence-electron chi connectivity index (χ0n) is 9.99. The summed E-state index contributed by atoms with van der Waals surface area (Å²) in [4.78, 5) is 17.4. The first-order valence-corrected chi connectivity index (χ1v) is 7.20. The monoisotopic (exact) mass is 285 g/mol. The van der Waals surface area contributed by atoms with Crippen molar-refractivity contribution in [3.05, 3.63) is 24.1 Å². The fraction of sp³-hybridized carbons (Fsp3) is 0.455. The molecule has 19 heavy (non-hydrogen) atoms. The van der Waals surface area contributed by atoms with E-state index in [9.17, 15) is 17.6 Å². The van der Waals surface area contributed by atoms with Gasteiger partial charge in [-0.2, -0.15) is 9.30 Å². The topological polar surface area (TPSA) is 79.7 Å². The molecule has 1 aromatic rings. The van der Waals surface area contributed by atoms with E-state index in [0.29, 0.717) is 12.8 Å². The highest BCUT2D eigenvalue weighted by molar-refractivity contribution is 7.89. The van der Waals surface area contributed by atoms with Crippen molar-refractivity contribution in [3.8, 4) is 0 Å². The van der Waals surface area contributed by atoms with Gasteiger partial charge < -0.3 is 0 Å². The second-order valence-electron chi connectivity index (χ2n) is 4.10. The van der Waals surface area contributed by atoms with E-state index in [2.05, 4.69) is 9.98 Å². The molecule has 1 aliphatic rings. The Morgan fingerprint density at radius 1 is 1.47 bits per heavy atom. The molecule has 1 fully saturated rings. The van der Waals surface area contributed by atoms with E-state index in [1.54, 1.807) is 0 Å². The molecule has 102 valence electrons. The molecular weight excluding hydrogens is 273 g/mol. The zero-order valence-corrected chi connectivity index (χ0v) is 10.8. The van der Waals surface area contributed by atoms with Crippen LogP contribution < -0.4 is 0 Å². The standard InChI is InChI=1S/C11H12FN3O3S/c12-9-4-3-6-13-11(9)19(17,18)15-7-2-1-5-10(15)14-8-16/h3-4,6,10H,1-2,5,7H2. The van der Waals surface area contributed by atoms with Crippen molar-refractivity contribution >= 4 is 16.1 Å². The van der Waals surface area contributed by atoms with Crippen LogP contribution in [0.5, 0.6) is 0 Å². The summed E-state index contributed by atoms with van der Waals surface area (Å²) in [6, 6.07) is 2.34. The Labute approximate surface area is 110 Å². The van der Waals surface area contributed by atoms with E-state index < -0.39 is 27.0 Å². The predicted octanol–water partition coefficient (Wildman–Crippen LogP) is 1.06. The summed E-state index contributed by atoms with van der Waals surface area (Å²) < 4.78 is 39.2. The first kappa shape index (κ1) is 13.8. The van der Waals surface area contributed by atoms with Crippen LogP contribution in [0, 0.1) is 5.82 Å². The number of isocyanates is 1. The lowest BCUT2D eigenvalue weighted by Gasteiger charge is -2.30. The van der Waals surface area contributed by atoms with E-state index in [4.69, 9.17) is 0 Å². The Kier molecular flexibility index (Phi) is 4.04. The van der Waals surface area contributed by atoms with Gasteiger partial charge in [0.1, 0.15) is 6.17 Å². The molecule has 0 aromatic carbocycles. The number of aromatic nitrogens is 1. The van der Waals surface area contributed by atoms with Crippen molar-refractivity contribution in [2.24, 2.45) is 4.99 Å². The second kappa shape index (κ2) is 5.56. The van der Waals surface area contributed by atoms with E-state index >= 15 is 0 Å². The lowest BCUT2D eigenvalue weighted by atomic mass is 10.1. The molecule has 2 heterocycles. The first-order valence-electron chi connectivity index (χ1n) is 5.76. The maximum Gasteiger partial charge on any atom is 0.265 e. The molecule has 0 N–H and O–H groups in total. The normalized spacial score (nSPS) is 20.8. The quantitative estimate of drug-likeness (QED) is 0.614. The minimum atomic E-state index is -4.09. The van der Waals surface area contributed by atoms with Crippen molar-refractivity contribution in [1.82, 2.24) is 9.29 Å². The summed E-state index contributed by atoms with van der Waals surface area (Å²) >= 11 is 0. The molecule has 0 amide bonds. The van der Waals surface area contributed by atoms with Gasteiger partial charge in [0.2, 0.25) is 11.1 Å². The van der Waals surface area contributed by atoms with Gasteiger partial charge in [0.25, 0.3) is 10.0 Å². The van der Waals surface area contributed by atoms with Gasteiger partial charge in [0.15, 0.2) is 5.82 Å². The highest BCUT2D eigenvalue weighted by atomic mass is 32.2. The van der Waals surface area contributed by atoms with E-state index in [1.165, 1.54) is 18.3 Å².